The number of nitrogens with two attached hydrogens (primary N) is 1. The molecule has 3 rings (SSSR count). The van der Waals surface area contributed by atoms with Gasteiger partial charge in [0.15, 0.2) is 17.0 Å². The van der Waals surface area contributed by atoms with Crippen molar-refractivity contribution in [3.05, 3.63) is 30.2 Å². The summed E-state index contributed by atoms with van der Waals surface area (Å²) in [7, 11) is 3.18. The summed E-state index contributed by atoms with van der Waals surface area (Å²) in [5, 5.41) is 4.03. The number of hydrogen-bond donors (Lipinski definition) is 1. The van der Waals surface area contributed by atoms with Crippen LogP contribution in [0.1, 0.15) is 0 Å². The summed E-state index contributed by atoms with van der Waals surface area (Å²) in [6, 6.07) is 4.59. The molecule has 0 fully saturated rings. The maximum atomic E-state index is 14.0. The van der Waals surface area contributed by atoms with E-state index in [1.165, 1.54) is 24.1 Å². The van der Waals surface area contributed by atoms with Gasteiger partial charge < -0.3 is 10.5 Å². The molecule has 2 aromatic heterocycles. The zero-order valence-electron chi connectivity index (χ0n) is 11.0. The van der Waals surface area contributed by atoms with Crippen molar-refractivity contribution in [2.45, 2.75) is 0 Å². The van der Waals surface area contributed by atoms with Crippen molar-refractivity contribution >= 4 is 17.0 Å². The Hall–Kier alpha value is -2.70. The minimum atomic E-state index is -0.423. The molecule has 102 valence electrons. The van der Waals surface area contributed by atoms with Crippen molar-refractivity contribution in [3.63, 3.8) is 0 Å². The molecule has 0 aliphatic heterocycles. The molecular formula is C13H12FN5O. The summed E-state index contributed by atoms with van der Waals surface area (Å²) in [6.07, 6.45) is 1.46. The molecule has 0 bridgehead atoms. The number of halogens is 1. The molecule has 3 aromatic rings. The van der Waals surface area contributed by atoms with Crippen LogP contribution in [0, 0.1) is 5.82 Å². The second kappa shape index (κ2) is 4.44. The van der Waals surface area contributed by atoms with Crippen molar-refractivity contribution < 1.29 is 9.13 Å². The number of methoxy groups -OCH3 is 1. The molecule has 0 spiro atoms. The first-order chi connectivity index (χ1) is 9.61. The van der Waals surface area contributed by atoms with Gasteiger partial charge in [-0.2, -0.15) is 5.10 Å². The average molecular weight is 273 g/mol. The van der Waals surface area contributed by atoms with Gasteiger partial charge in [-0.3, -0.25) is 0 Å². The van der Waals surface area contributed by atoms with Gasteiger partial charge in [-0.25, -0.2) is 19.0 Å². The molecule has 0 saturated heterocycles. The Labute approximate surface area is 114 Å². The van der Waals surface area contributed by atoms with E-state index in [2.05, 4.69) is 15.1 Å². The van der Waals surface area contributed by atoms with Gasteiger partial charge in [0.1, 0.15) is 11.6 Å². The lowest BCUT2D eigenvalue weighted by Gasteiger charge is -2.08. The van der Waals surface area contributed by atoms with Crippen LogP contribution in [0.15, 0.2) is 24.4 Å². The summed E-state index contributed by atoms with van der Waals surface area (Å²) in [5.74, 6) is 0.268. The lowest BCUT2D eigenvalue weighted by atomic mass is 10.1. The highest BCUT2D eigenvalue weighted by molar-refractivity contribution is 5.84. The minimum absolute atomic E-state index is 0.268. The first kappa shape index (κ1) is 12.3. The van der Waals surface area contributed by atoms with Crippen molar-refractivity contribution in [1.82, 2.24) is 19.7 Å². The highest BCUT2D eigenvalue weighted by atomic mass is 19.1. The van der Waals surface area contributed by atoms with Crippen LogP contribution in [0.25, 0.3) is 22.4 Å². The maximum absolute atomic E-state index is 14.0. The van der Waals surface area contributed by atoms with Crippen molar-refractivity contribution in [2.24, 2.45) is 7.05 Å². The van der Waals surface area contributed by atoms with Crippen LogP contribution < -0.4 is 10.5 Å². The van der Waals surface area contributed by atoms with Gasteiger partial charge in [0, 0.05) is 7.05 Å². The van der Waals surface area contributed by atoms with Crippen molar-refractivity contribution in [1.29, 1.82) is 0 Å². The fourth-order valence-electron chi connectivity index (χ4n) is 2.09. The van der Waals surface area contributed by atoms with E-state index in [4.69, 9.17) is 10.5 Å². The Morgan fingerprint density at radius 3 is 2.90 bits per heavy atom. The third-order valence-electron chi connectivity index (χ3n) is 3.01. The van der Waals surface area contributed by atoms with Crippen LogP contribution in [0.2, 0.25) is 0 Å². The van der Waals surface area contributed by atoms with E-state index in [1.807, 2.05) is 0 Å². The van der Waals surface area contributed by atoms with Gasteiger partial charge in [0.25, 0.3) is 0 Å². The fourth-order valence-corrected chi connectivity index (χ4v) is 2.09. The zero-order valence-corrected chi connectivity index (χ0v) is 11.0. The van der Waals surface area contributed by atoms with Crippen molar-refractivity contribution in [2.75, 3.05) is 12.8 Å². The van der Waals surface area contributed by atoms with Gasteiger partial charge in [-0.05, 0) is 12.1 Å². The monoisotopic (exact) mass is 273 g/mol. The van der Waals surface area contributed by atoms with Crippen LogP contribution in [-0.4, -0.2) is 26.9 Å². The number of aromatic nitrogens is 4. The quantitative estimate of drug-likeness (QED) is 0.769. The van der Waals surface area contributed by atoms with Crippen LogP contribution in [0.4, 0.5) is 10.2 Å². The van der Waals surface area contributed by atoms with Gasteiger partial charge in [0.05, 0.1) is 24.6 Å². The second-order valence-electron chi connectivity index (χ2n) is 4.25. The summed E-state index contributed by atoms with van der Waals surface area (Å²) in [5.41, 5.74) is 7.34. The molecule has 0 unspecified atom stereocenters. The van der Waals surface area contributed by atoms with E-state index in [0.717, 1.165) is 0 Å². The lowest BCUT2D eigenvalue weighted by molar-refractivity contribution is 0.413. The largest absolute Gasteiger partial charge is 0.496 e. The van der Waals surface area contributed by atoms with Crippen molar-refractivity contribution in [3.8, 4) is 17.0 Å². The topological polar surface area (TPSA) is 78.9 Å². The number of nitrogen functional groups attached to an aromatic ring is 1. The Morgan fingerprint density at radius 2 is 2.15 bits per heavy atom. The Kier molecular flexibility index (Phi) is 2.74. The minimum Gasteiger partial charge on any atom is -0.496 e. The smallest absolute Gasteiger partial charge is 0.179 e. The first-order valence-electron chi connectivity index (χ1n) is 5.90. The molecule has 20 heavy (non-hydrogen) atoms. The molecule has 0 aliphatic rings. The summed E-state index contributed by atoms with van der Waals surface area (Å²) in [4.78, 5) is 8.57. The molecule has 0 amide bonds. The molecule has 1 aromatic carbocycles. The van der Waals surface area contributed by atoms with Crippen LogP contribution in [0.5, 0.6) is 5.75 Å². The highest BCUT2D eigenvalue weighted by Crippen LogP contribution is 2.31. The third-order valence-corrected chi connectivity index (χ3v) is 3.01. The molecule has 0 atom stereocenters. The van der Waals surface area contributed by atoms with Gasteiger partial charge in [0.2, 0.25) is 0 Å². The van der Waals surface area contributed by atoms with E-state index in [0.29, 0.717) is 28.4 Å². The molecule has 0 radical (unpaired) electrons. The number of benzene rings is 1. The predicted octanol–water partition coefficient (Wildman–Crippen LogP) is 1.76. The number of fused-ring (bicyclic) bond motifs is 1. The van der Waals surface area contributed by atoms with Gasteiger partial charge >= 0.3 is 0 Å². The second-order valence-corrected chi connectivity index (χ2v) is 4.25. The normalized spacial score (nSPS) is 10.9. The van der Waals surface area contributed by atoms with E-state index in [-0.39, 0.29) is 5.56 Å². The molecule has 0 aliphatic carbocycles. The zero-order chi connectivity index (χ0) is 14.3. The van der Waals surface area contributed by atoms with Gasteiger partial charge in [-0.1, -0.05) is 6.07 Å². The number of rotatable bonds is 2. The third kappa shape index (κ3) is 1.75. The SMILES string of the molecule is COc1cccc(F)c1-c1cnc2c(N)nn(C)c2n1. The Morgan fingerprint density at radius 1 is 1.35 bits per heavy atom. The predicted molar refractivity (Wildman–Crippen MR) is 72.7 cm³/mol. The molecule has 2 heterocycles. The summed E-state index contributed by atoms with van der Waals surface area (Å²) >= 11 is 0. The molecule has 0 saturated carbocycles. The van der Waals surface area contributed by atoms with Crippen LogP contribution in [0.3, 0.4) is 0 Å². The molecule has 7 heteroatoms. The standard InChI is InChI=1S/C13H12FN5O/c1-19-13-11(12(15)18-19)16-6-8(17-13)10-7(14)4-3-5-9(10)20-2/h3-6H,1-2H3,(H2,15,18). The molecular weight excluding hydrogens is 261 g/mol. The maximum Gasteiger partial charge on any atom is 0.179 e. The summed E-state index contributed by atoms with van der Waals surface area (Å²) < 4.78 is 20.7. The summed E-state index contributed by atoms with van der Waals surface area (Å²) in [6.45, 7) is 0. The van der Waals surface area contributed by atoms with Crippen LogP contribution in [-0.2, 0) is 7.05 Å². The fraction of sp³-hybridized carbons (Fsp3) is 0.154. The average Bonchev–Trinajstić information content (AvgIpc) is 2.73. The van der Waals surface area contributed by atoms with Crippen LogP contribution >= 0.6 is 0 Å². The number of nitrogens with zero attached hydrogens (tertiary/aromatic N) is 4. The first-order valence-corrected chi connectivity index (χ1v) is 5.90. The van der Waals surface area contributed by atoms with E-state index in [9.17, 15) is 4.39 Å². The number of ether oxygens (including phenoxy) is 1. The number of aryl methyl sites for hydroxylation is 1. The van der Waals surface area contributed by atoms with Gasteiger partial charge in [-0.15, -0.1) is 0 Å². The molecule has 2 N–H and O–H groups in total. The highest BCUT2D eigenvalue weighted by Gasteiger charge is 2.16. The van der Waals surface area contributed by atoms with E-state index in [1.54, 1.807) is 19.2 Å². The van der Waals surface area contributed by atoms with E-state index < -0.39 is 5.82 Å². The Balaban J connectivity index is 2.28. The number of anilines is 1. The lowest BCUT2D eigenvalue weighted by Crippen LogP contribution is -1.97. The molecule has 6 nitrogen and oxygen atoms in total. The number of hydrogen-bond acceptors (Lipinski definition) is 5. The van der Waals surface area contributed by atoms with E-state index >= 15 is 0 Å². The Bertz CT molecular complexity index is 799.